The maximum absolute atomic E-state index is 10.7. The minimum atomic E-state index is 0.0312. The fourth-order valence-corrected chi connectivity index (χ4v) is 1.73. The summed E-state index contributed by atoms with van der Waals surface area (Å²) in [5.74, 6) is 0.0312. The molecule has 0 radical (unpaired) electrons. The van der Waals surface area contributed by atoms with Crippen LogP contribution in [0.25, 0.3) is 6.08 Å². The van der Waals surface area contributed by atoms with Gasteiger partial charge in [-0.15, -0.1) is 0 Å². The Labute approximate surface area is 110 Å². The predicted octanol–water partition coefficient (Wildman–Crippen LogP) is 3.57. The number of aryl methyl sites for hydroxylation is 1. The van der Waals surface area contributed by atoms with E-state index in [0.29, 0.717) is 6.54 Å². The van der Waals surface area contributed by atoms with Crippen molar-refractivity contribution < 1.29 is 4.79 Å². The van der Waals surface area contributed by atoms with E-state index in [1.54, 1.807) is 6.92 Å². The van der Waals surface area contributed by atoms with Crippen molar-refractivity contribution in [2.75, 3.05) is 6.54 Å². The van der Waals surface area contributed by atoms with Crippen LogP contribution in [0.4, 0.5) is 0 Å². The van der Waals surface area contributed by atoms with Crippen molar-refractivity contribution in [3.05, 3.63) is 41.5 Å². The van der Waals surface area contributed by atoms with E-state index in [9.17, 15) is 4.79 Å². The lowest BCUT2D eigenvalue weighted by Gasteiger charge is -2.00. The molecule has 98 valence electrons. The van der Waals surface area contributed by atoms with Crippen molar-refractivity contribution in [1.29, 1.82) is 0 Å². The maximum Gasteiger partial charge on any atom is 0.216 e. The molecule has 2 nitrogen and oxygen atoms in total. The molecule has 0 spiro atoms. The number of carbonyl (C=O) groups excluding carboxylic acids is 1. The van der Waals surface area contributed by atoms with Crippen molar-refractivity contribution in [3.63, 3.8) is 0 Å². The average Bonchev–Trinajstić information content (AvgIpc) is 2.37. The first-order valence-corrected chi connectivity index (χ1v) is 6.72. The molecule has 0 saturated heterocycles. The maximum atomic E-state index is 10.7. The highest BCUT2D eigenvalue weighted by molar-refractivity contribution is 5.72. The van der Waals surface area contributed by atoms with Gasteiger partial charge in [0, 0.05) is 13.5 Å². The molecule has 0 atom stereocenters. The van der Waals surface area contributed by atoms with Gasteiger partial charge >= 0.3 is 0 Å². The summed E-state index contributed by atoms with van der Waals surface area (Å²) in [6.07, 6.45) is 8.74. The molecule has 0 unspecified atom stereocenters. The van der Waals surface area contributed by atoms with Crippen LogP contribution in [0.15, 0.2) is 30.3 Å². The van der Waals surface area contributed by atoms with E-state index < -0.39 is 0 Å². The van der Waals surface area contributed by atoms with E-state index in [2.05, 4.69) is 48.7 Å². The molecular weight excluding hydrogens is 222 g/mol. The van der Waals surface area contributed by atoms with Crippen LogP contribution in [-0.4, -0.2) is 12.5 Å². The van der Waals surface area contributed by atoms with Gasteiger partial charge in [0.05, 0.1) is 0 Å². The largest absolute Gasteiger partial charge is 0.356 e. The smallest absolute Gasteiger partial charge is 0.216 e. The van der Waals surface area contributed by atoms with E-state index in [0.717, 1.165) is 6.42 Å². The van der Waals surface area contributed by atoms with Crippen molar-refractivity contribution >= 4 is 12.0 Å². The highest BCUT2D eigenvalue weighted by Gasteiger charge is 1.92. The first kappa shape index (κ1) is 14.5. The molecule has 0 heterocycles. The molecule has 1 N–H and O–H groups in total. The van der Waals surface area contributed by atoms with Crippen molar-refractivity contribution in [1.82, 2.24) is 5.32 Å². The number of benzene rings is 1. The molecule has 18 heavy (non-hydrogen) atoms. The van der Waals surface area contributed by atoms with Crippen molar-refractivity contribution in [3.8, 4) is 0 Å². The Bertz CT molecular complexity index is 379. The van der Waals surface area contributed by atoms with Gasteiger partial charge in [-0.1, -0.05) is 49.8 Å². The molecule has 0 aromatic heterocycles. The van der Waals surface area contributed by atoms with Gasteiger partial charge in [-0.3, -0.25) is 4.79 Å². The molecule has 1 aromatic carbocycles. The number of amides is 1. The number of hydrogen-bond acceptors (Lipinski definition) is 1. The van der Waals surface area contributed by atoms with Gasteiger partial charge in [0.15, 0.2) is 0 Å². The summed E-state index contributed by atoms with van der Waals surface area (Å²) in [6, 6.07) is 8.70. The number of hydrogen-bond donors (Lipinski definition) is 1. The molecule has 0 saturated carbocycles. The normalized spacial score (nSPS) is 10.8. The second-order valence-corrected chi connectivity index (χ2v) is 4.52. The second-order valence-electron chi connectivity index (χ2n) is 4.52. The molecule has 0 fully saturated rings. The van der Waals surface area contributed by atoms with Crippen molar-refractivity contribution in [2.24, 2.45) is 0 Å². The van der Waals surface area contributed by atoms with Crippen molar-refractivity contribution in [2.45, 2.75) is 39.5 Å². The van der Waals surface area contributed by atoms with Gasteiger partial charge in [-0.25, -0.2) is 0 Å². The van der Waals surface area contributed by atoms with Gasteiger partial charge in [0.1, 0.15) is 0 Å². The SMILES string of the molecule is CCCCc1ccc(C=CCCNC(C)=O)cc1. The fraction of sp³-hybridized carbons (Fsp3) is 0.438. The zero-order chi connectivity index (χ0) is 13.2. The highest BCUT2D eigenvalue weighted by Crippen LogP contribution is 2.09. The molecular formula is C16H23NO. The number of rotatable bonds is 7. The Hall–Kier alpha value is -1.57. The third kappa shape index (κ3) is 6.24. The summed E-state index contributed by atoms with van der Waals surface area (Å²) >= 11 is 0. The van der Waals surface area contributed by atoms with Gasteiger partial charge in [-0.05, 0) is 30.4 Å². The first-order valence-electron chi connectivity index (χ1n) is 6.72. The summed E-state index contributed by atoms with van der Waals surface area (Å²) in [6.45, 7) is 4.46. The fourth-order valence-electron chi connectivity index (χ4n) is 1.73. The van der Waals surface area contributed by atoms with Gasteiger partial charge in [0.25, 0.3) is 0 Å². The quantitative estimate of drug-likeness (QED) is 0.731. The van der Waals surface area contributed by atoms with Crippen LogP contribution in [0.2, 0.25) is 0 Å². The topological polar surface area (TPSA) is 29.1 Å². The Morgan fingerprint density at radius 3 is 2.61 bits per heavy atom. The molecule has 0 aliphatic rings. The van der Waals surface area contributed by atoms with E-state index >= 15 is 0 Å². The summed E-state index contributed by atoms with van der Waals surface area (Å²) in [5, 5.41) is 2.77. The van der Waals surface area contributed by atoms with E-state index in [1.165, 1.54) is 30.4 Å². The van der Waals surface area contributed by atoms with Gasteiger partial charge in [0.2, 0.25) is 5.91 Å². The molecule has 1 amide bonds. The summed E-state index contributed by atoms with van der Waals surface area (Å²) in [4.78, 5) is 10.7. The van der Waals surface area contributed by atoms with E-state index in [4.69, 9.17) is 0 Å². The standard InChI is InChI=1S/C16H23NO/c1-3-4-7-15-9-11-16(12-10-15)8-5-6-13-17-14(2)18/h5,8-12H,3-4,6-7,13H2,1-2H3,(H,17,18). The lowest BCUT2D eigenvalue weighted by Crippen LogP contribution is -2.20. The number of unbranched alkanes of at least 4 members (excludes halogenated alkanes) is 1. The molecule has 1 aromatic rings. The Morgan fingerprint density at radius 1 is 1.28 bits per heavy atom. The molecule has 0 aliphatic carbocycles. The summed E-state index contributed by atoms with van der Waals surface area (Å²) in [7, 11) is 0. The Balaban J connectivity index is 2.33. The minimum Gasteiger partial charge on any atom is -0.356 e. The third-order valence-electron chi connectivity index (χ3n) is 2.79. The lowest BCUT2D eigenvalue weighted by atomic mass is 10.1. The molecule has 1 rings (SSSR count). The molecule has 2 heteroatoms. The van der Waals surface area contributed by atoms with Crippen LogP contribution in [0.5, 0.6) is 0 Å². The van der Waals surface area contributed by atoms with Crippen LogP contribution < -0.4 is 5.32 Å². The average molecular weight is 245 g/mol. The molecule has 0 bridgehead atoms. The lowest BCUT2D eigenvalue weighted by molar-refractivity contribution is -0.118. The zero-order valence-corrected chi connectivity index (χ0v) is 11.4. The van der Waals surface area contributed by atoms with Crippen LogP contribution >= 0.6 is 0 Å². The Kier molecular flexibility index (Phi) is 6.85. The second kappa shape index (κ2) is 8.51. The third-order valence-corrected chi connectivity index (χ3v) is 2.79. The van der Waals surface area contributed by atoms with E-state index in [-0.39, 0.29) is 5.91 Å². The monoisotopic (exact) mass is 245 g/mol. The zero-order valence-electron chi connectivity index (χ0n) is 11.4. The summed E-state index contributed by atoms with van der Waals surface area (Å²) in [5.41, 5.74) is 2.63. The van der Waals surface area contributed by atoms with Gasteiger partial charge < -0.3 is 5.32 Å². The van der Waals surface area contributed by atoms with Gasteiger partial charge in [-0.2, -0.15) is 0 Å². The predicted molar refractivity (Wildman–Crippen MR) is 77.4 cm³/mol. The Morgan fingerprint density at radius 2 is 2.00 bits per heavy atom. The number of nitrogens with one attached hydrogen (secondary N) is 1. The highest BCUT2D eigenvalue weighted by atomic mass is 16.1. The van der Waals surface area contributed by atoms with Crippen LogP contribution in [0.3, 0.4) is 0 Å². The number of carbonyl (C=O) groups is 1. The minimum absolute atomic E-state index is 0.0312. The first-order chi connectivity index (χ1) is 8.72. The van der Waals surface area contributed by atoms with Crippen LogP contribution in [0.1, 0.15) is 44.2 Å². The molecule has 0 aliphatic heterocycles. The summed E-state index contributed by atoms with van der Waals surface area (Å²) < 4.78 is 0. The van der Waals surface area contributed by atoms with Crippen LogP contribution in [-0.2, 0) is 11.2 Å². The van der Waals surface area contributed by atoms with E-state index in [1.807, 2.05) is 0 Å². The van der Waals surface area contributed by atoms with Crippen LogP contribution in [0, 0.1) is 0 Å².